The Morgan fingerprint density at radius 3 is 2.19 bits per heavy atom. The summed E-state index contributed by atoms with van der Waals surface area (Å²) in [5, 5.41) is 3.69. The van der Waals surface area contributed by atoms with Gasteiger partial charge in [-0.1, -0.05) is 49.9 Å². The van der Waals surface area contributed by atoms with Crippen LogP contribution < -0.4 is 5.32 Å². The van der Waals surface area contributed by atoms with Crippen LogP contribution in [0.2, 0.25) is 0 Å². The third kappa shape index (κ3) is 2.98. The van der Waals surface area contributed by atoms with Crippen LogP contribution in [0.4, 0.5) is 0 Å². The number of nitrogens with one attached hydrogen (secondary N) is 1. The normalized spacial score (nSPS) is 21.6. The van der Waals surface area contributed by atoms with E-state index >= 15 is 0 Å². The fourth-order valence-electron chi connectivity index (χ4n) is 3.93. The lowest BCUT2D eigenvalue weighted by Crippen LogP contribution is -2.57. The second kappa shape index (κ2) is 6.18. The molecule has 0 aromatic heterocycles. The molecule has 0 radical (unpaired) electrons. The van der Waals surface area contributed by atoms with Crippen LogP contribution in [0.1, 0.15) is 49.7 Å². The zero-order valence-corrected chi connectivity index (χ0v) is 12.9. The van der Waals surface area contributed by atoms with Crippen molar-refractivity contribution in [3.63, 3.8) is 0 Å². The van der Waals surface area contributed by atoms with E-state index in [2.05, 4.69) is 29.6 Å². The number of esters is 1. The quantitative estimate of drug-likeness (QED) is 0.686. The molecular formula is C18H25NO2. The first-order valence-electron chi connectivity index (χ1n) is 8.16. The minimum absolute atomic E-state index is 0.108. The minimum Gasteiger partial charge on any atom is -0.468 e. The summed E-state index contributed by atoms with van der Waals surface area (Å²) in [6.07, 6.45) is 9.04. The highest BCUT2D eigenvalue weighted by Gasteiger charge is 2.45. The van der Waals surface area contributed by atoms with Crippen molar-refractivity contribution in [3.8, 4) is 0 Å². The summed E-state index contributed by atoms with van der Waals surface area (Å²) in [6.45, 7) is 0. The smallest absolute Gasteiger partial charge is 0.326 e. The van der Waals surface area contributed by atoms with Crippen molar-refractivity contribution >= 4 is 5.97 Å². The number of benzene rings is 1. The maximum Gasteiger partial charge on any atom is 0.326 e. The van der Waals surface area contributed by atoms with Crippen LogP contribution in [-0.2, 0) is 22.4 Å². The van der Waals surface area contributed by atoms with E-state index in [0.29, 0.717) is 6.04 Å². The van der Waals surface area contributed by atoms with Crippen molar-refractivity contribution in [2.75, 3.05) is 7.11 Å². The van der Waals surface area contributed by atoms with Gasteiger partial charge in [-0.15, -0.1) is 0 Å². The number of fused-ring (bicyclic) bond motifs is 1. The Kier molecular flexibility index (Phi) is 4.29. The van der Waals surface area contributed by atoms with E-state index < -0.39 is 5.54 Å². The molecule has 21 heavy (non-hydrogen) atoms. The summed E-state index contributed by atoms with van der Waals surface area (Å²) in [5.74, 6) is -0.108. The molecule has 0 atom stereocenters. The summed E-state index contributed by atoms with van der Waals surface area (Å²) < 4.78 is 5.14. The van der Waals surface area contributed by atoms with Crippen molar-refractivity contribution in [2.45, 2.75) is 62.9 Å². The second-order valence-electron chi connectivity index (χ2n) is 6.53. The van der Waals surface area contributed by atoms with E-state index in [4.69, 9.17) is 4.74 Å². The van der Waals surface area contributed by atoms with Crippen molar-refractivity contribution in [2.24, 2.45) is 0 Å². The number of ether oxygens (including phenoxy) is 1. The fraction of sp³-hybridized carbons (Fsp3) is 0.611. The molecule has 0 amide bonds. The summed E-state index contributed by atoms with van der Waals surface area (Å²) in [6, 6.07) is 8.82. The number of methoxy groups -OCH3 is 1. The molecule has 0 heterocycles. The molecule has 2 aliphatic rings. The largest absolute Gasteiger partial charge is 0.468 e. The molecule has 3 rings (SSSR count). The highest BCUT2D eigenvalue weighted by Crippen LogP contribution is 2.33. The van der Waals surface area contributed by atoms with E-state index in [9.17, 15) is 4.79 Å². The van der Waals surface area contributed by atoms with Crippen LogP contribution in [0, 0.1) is 0 Å². The zero-order chi connectivity index (χ0) is 14.7. The number of carbonyl (C=O) groups excluding carboxylic acids is 1. The Hall–Kier alpha value is -1.35. The molecule has 0 bridgehead atoms. The molecule has 1 aromatic carbocycles. The van der Waals surface area contributed by atoms with Gasteiger partial charge in [0.1, 0.15) is 5.54 Å². The average molecular weight is 287 g/mol. The molecule has 3 heteroatoms. The topological polar surface area (TPSA) is 38.3 Å². The summed E-state index contributed by atoms with van der Waals surface area (Å²) in [4.78, 5) is 12.5. The van der Waals surface area contributed by atoms with E-state index in [1.165, 1.54) is 56.8 Å². The van der Waals surface area contributed by atoms with Crippen LogP contribution in [0.15, 0.2) is 24.3 Å². The Bertz CT molecular complexity index is 479. The van der Waals surface area contributed by atoms with E-state index in [-0.39, 0.29) is 5.97 Å². The molecule has 1 saturated carbocycles. The number of hydrogen-bond acceptors (Lipinski definition) is 3. The Morgan fingerprint density at radius 2 is 1.67 bits per heavy atom. The number of rotatable bonds is 3. The van der Waals surface area contributed by atoms with Crippen LogP contribution >= 0.6 is 0 Å². The van der Waals surface area contributed by atoms with Crippen LogP contribution in [0.5, 0.6) is 0 Å². The molecule has 0 spiro atoms. The van der Waals surface area contributed by atoms with Gasteiger partial charge < -0.3 is 4.74 Å². The highest BCUT2D eigenvalue weighted by molar-refractivity contribution is 5.83. The minimum atomic E-state index is -0.548. The van der Waals surface area contributed by atoms with Crippen LogP contribution in [0.3, 0.4) is 0 Å². The predicted molar refractivity (Wildman–Crippen MR) is 83.2 cm³/mol. The van der Waals surface area contributed by atoms with Gasteiger partial charge in [0.15, 0.2) is 0 Å². The average Bonchev–Trinajstić information content (AvgIpc) is 2.69. The van der Waals surface area contributed by atoms with Gasteiger partial charge in [0.05, 0.1) is 7.11 Å². The summed E-state index contributed by atoms with van der Waals surface area (Å²) >= 11 is 0. The first-order valence-corrected chi connectivity index (χ1v) is 8.16. The van der Waals surface area contributed by atoms with Gasteiger partial charge in [-0.3, -0.25) is 10.1 Å². The van der Waals surface area contributed by atoms with Crippen LogP contribution in [-0.4, -0.2) is 24.7 Å². The molecule has 0 saturated heterocycles. The van der Waals surface area contributed by atoms with Gasteiger partial charge in [0, 0.05) is 18.9 Å². The Morgan fingerprint density at radius 1 is 1.10 bits per heavy atom. The molecular weight excluding hydrogens is 262 g/mol. The van der Waals surface area contributed by atoms with Gasteiger partial charge >= 0.3 is 5.97 Å². The van der Waals surface area contributed by atoms with Crippen LogP contribution in [0.25, 0.3) is 0 Å². The SMILES string of the molecule is COC(=O)C1(NC2CCCCCC2)Cc2ccccc2C1. The Labute approximate surface area is 127 Å². The zero-order valence-electron chi connectivity index (χ0n) is 12.9. The predicted octanol–water partition coefficient (Wildman–Crippen LogP) is 3.01. The Balaban J connectivity index is 1.81. The van der Waals surface area contributed by atoms with E-state index in [1.807, 2.05) is 0 Å². The van der Waals surface area contributed by atoms with Crippen molar-refractivity contribution in [1.29, 1.82) is 0 Å². The molecule has 114 valence electrons. The molecule has 1 aromatic rings. The maximum absolute atomic E-state index is 12.5. The van der Waals surface area contributed by atoms with Gasteiger partial charge in [-0.05, 0) is 24.0 Å². The number of carbonyl (C=O) groups is 1. The second-order valence-corrected chi connectivity index (χ2v) is 6.53. The van der Waals surface area contributed by atoms with Crippen molar-refractivity contribution < 1.29 is 9.53 Å². The fourth-order valence-corrected chi connectivity index (χ4v) is 3.93. The number of hydrogen-bond donors (Lipinski definition) is 1. The lowest BCUT2D eigenvalue weighted by molar-refractivity contribution is -0.148. The van der Waals surface area contributed by atoms with Gasteiger partial charge in [-0.25, -0.2) is 0 Å². The van der Waals surface area contributed by atoms with Gasteiger partial charge in [-0.2, -0.15) is 0 Å². The molecule has 2 aliphatic carbocycles. The third-order valence-corrected chi connectivity index (χ3v) is 5.01. The van der Waals surface area contributed by atoms with Crippen molar-refractivity contribution in [3.05, 3.63) is 35.4 Å². The van der Waals surface area contributed by atoms with E-state index in [1.54, 1.807) is 0 Å². The molecule has 3 nitrogen and oxygen atoms in total. The van der Waals surface area contributed by atoms with E-state index in [0.717, 1.165) is 12.8 Å². The third-order valence-electron chi connectivity index (χ3n) is 5.01. The summed E-state index contributed by atoms with van der Waals surface area (Å²) in [7, 11) is 1.50. The lowest BCUT2D eigenvalue weighted by atomic mass is 9.93. The monoisotopic (exact) mass is 287 g/mol. The standard InChI is InChI=1S/C18H25NO2/c1-21-17(20)18(19-16-10-4-2-3-5-11-16)12-14-8-6-7-9-15(14)13-18/h6-9,16,19H,2-5,10-13H2,1H3. The molecule has 1 N–H and O–H groups in total. The molecule has 0 unspecified atom stereocenters. The molecule has 0 aliphatic heterocycles. The first kappa shape index (κ1) is 14.6. The maximum atomic E-state index is 12.5. The van der Waals surface area contributed by atoms with Gasteiger partial charge in [0.2, 0.25) is 0 Å². The van der Waals surface area contributed by atoms with Gasteiger partial charge in [0.25, 0.3) is 0 Å². The summed E-state index contributed by atoms with van der Waals surface area (Å²) in [5.41, 5.74) is 2.01. The lowest BCUT2D eigenvalue weighted by Gasteiger charge is -2.32. The highest BCUT2D eigenvalue weighted by atomic mass is 16.5. The first-order chi connectivity index (χ1) is 10.2. The van der Waals surface area contributed by atoms with Crippen molar-refractivity contribution in [1.82, 2.24) is 5.32 Å². The molecule has 1 fully saturated rings.